The molecule has 1 aromatic carbocycles. The molecule has 0 heterocycles. The predicted molar refractivity (Wildman–Crippen MR) is 62.9 cm³/mol. The summed E-state index contributed by atoms with van der Waals surface area (Å²) in [4.78, 5) is 11.3. The first-order chi connectivity index (χ1) is 7.26. The van der Waals surface area contributed by atoms with Crippen LogP contribution in [-0.4, -0.2) is 18.9 Å². The molecule has 0 fully saturated rings. The summed E-state index contributed by atoms with van der Waals surface area (Å²) in [5.41, 5.74) is 1.28. The third kappa shape index (κ3) is 4.26. The molecule has 0 aliphatic rings. The summed E-state index contributed by atoms with van der Waals surface area (Å²) in [6.07, 6.45) is 2.18. The van der Waals surface area contributed by atoms with E-state index in [1.54, 1.807) is 0 Å². The number of hydrogen-bond acceptors (Lipinski definition) is 2. The van der Waals surface area contributed by atoms with Gasteiger partial charge >= 0.3 is 0 Å². The standard InChI is InChI=1S/C13H19NO/c1-3-13(15)10-12(14-2)9-11-7-5-4-6-8-11/h4-8,12,14H,3,9-10H2,1-2H3/t12-/m0/s1. The second kappa shape index (κ2) is 6.36. The molecule has 2 heteroatoms. The summed E-state index contributed by atoms with van der Waals surface area (Å²) >= 11 is 0. The second-order valence-electron chi connectivity index (χ2n) is 3.77. The van der Waals surface area contributed by atoms with Crippen molar-refractivity contribution in [2.75, 3.05) is 7.05 Å². The van der Waals surface area contributed by atoms with Gasteiger partial charge in [0.1, 0.15) is 5.78 Å². The van der Waals surface area contributed by atoms with Crippen molar-refractivity contribution in [2.45, 2.75) is 32.2 Å². The maximum absolute atomic E-state index is 11.3. The van der Waals surface area contributed by atoms with Crippen LogP contribution in [0.2, 0.25) is 0 Å². The van der Waals surface area contributed by atoms with Crippen molar-refractivity contribution in [3.63, 3.8) is 0 Å². The Labute approximate surface area is 91.7 Å². The van der Waals surface area contributed by atoms with Crippen molar-refractivity contribution >= 4 is 5.78 Å². The highest BCUT2D eigenvalue weighted by molar-refractivity contribution is 5.78. The van der Waals surface area contributed by atoms with Crippen molar-refractivity contribution in [1.29, 1.82) is 0 Å². The number of carbonyl (C=O) groups excluding carboxylic acids is 1. The maximum Gasteiger partial charge on any atom is 0.134 e. The van der Waals surface area contributed by atoms with Crippen LogP contribution in [0, 0.1) is 0 Å². The molecule has 2 nitrogen and oxygen atoms in total. The van der Waals surface area contributed by atoms with Crippen molar-refractivity contribution < 1.29 is 4.79 Å². The highest BCUT2D eigenvalue weighted by atomic mass is 16.1. The molecular weight excluding hydrogens is 186 g/mol. The highest BCUT2D eigenvalue weighted by Crippen LogP contribution is 2.06. The first-order valence-corrected chi connectivity index (χ1v) is 5.49. The van der Waals surface area contributed by atoms with Gasteiger partial charge in [0.2, 0.25) is 0 Å². The zero-order chi connectivity index (χ0) is 11.1. The lowest BCUT2D eigenvalue weighted by Gasteiger charge is -2.14. The molecule has 0 bridgehead atoms. The summed E-state index contributed by atoms with van der Waals surface area (Å²) in [6, 6.07) is 10.5. The van der Waals surface area contributed by atoms with Crippen molar-refractivity contribution in [1.82, 2.24) is 5.32 Å². The van der Waals surface area contributed by atoms with Gasteiger partial charge in [-0.1, -0.05) is 37.3 Å². The van der Waals surface area contributed by atoms with Crippen LogP contribution in [0.25, 0.3) is 0 Å². The molecule has 1 rings (SSSR count). The van der Waals surface area contributed by atoms with Crippen molar-refractivity contribution in [3.05, 3.63) is 35.9 Å². The lowest BCUT2D eigenvalue weighted by atomic mass is 10.0. The Balaban J connectivity index is 2.50. The minimum atomic E-state index is 0.264. The molecule has 0 saturated heterocycles. The molecule has 0 saturated carbocycles. The van der Waals surface area contributed by atoms with Crippen molar-refractivity contribution in [3.8, 4) is 0 Å². The Morgan fingerprint density at radius 1 is 1.33 bits per heavy atom. The van der Waals surface area contributed by atoms with Gasteiger partial charge in [0, 0.05) is 18.9 Å². The molecule has 15 heavy (non-hydrogen) atoms. The zero-order valence-corrected chi connectivity index (χ0v) is 9.49. The third-order valence-electron chi connectivity index (χ3n) is 2.60. The molecule has 0 aromatic heterocycles. The highest BCUT2D eigenvalue weighted by Gasteiger charge is 2.10. The molecule has 1 aromatic rings. The van der Waals surface area contributed by atoms with E-state index in [-0.39, 0.29) is 6.04 Å². The number of nitrogens with one attached hydrogen (secondary N) is 1. The van der Waals surface area contributed by atoms with Crippen LogP contribution < -0.4 is 5.32 Å². The average molecular weight is 205 g/mol. The molecule has 0 radical (unpaired) electrons. The Morgan fingerprint density at radius 2 is 2.00 bits per heavy atom. The van der Waals surface area contributed by atoms with Gasteiger partial charge in [0.15, 0.2) is 0 Å². The zero-order valence-electron chi connectivity index (χ0n) is 9.49. The third-order valence-corrected chi connectivity index (χ3v) is 2.60. The van der Waals surface area contributed by atoms with Crippen LogP contribution in [0.3, 0.4) is 0 Å². The van der Waals surface area contributed by atoms with Gasteiger partial charge < -0.3 is 5.32 Å². The lowest BCUT2D eigenvalue weighted by Crippen LogP contribution is -2.30. The number of benzene rings is 1. The molecule has 82 valence electrons. The van der Waals surface area contributed by atoms with Gasteiger partial charge in [-0.2, -0.15) is 0 Å². The molecular formula is C13H19NO. The Kier molecular flexibility index (Phi) is 5.05. The Hall–Kier alpha value is -1.15. The van der Waals surface area contributed by atoms with Crippen LogP contribution in [-0.2, 0) is 11.2 Å². The number of ketones is 1. The van der Waals surface area contributed by atoms with E-state index in [4.69, 9.17) is 0 Å². The minimum Gasteiger partial charge on any atom is -0.316 e. The molecule has 1 atom stereocenters. The summed E-state index contributed by atoms with van der Waals surface area (Å²) < 4.78 is 0. The van der Waals surface area contributed by atoms with E-state index >= 15 is 0 Å². The molecule has 1 N–H and O–H groups in total. The molecule has 0 unspecified atom stereocenters. The number of Topliss-reactive ketones (excluding diaryl/α,β-unsaturated/α-hetero) is 1. The molecule has 0 spiro atoms. The summed E-state index contributed by atoms with van der Waals surface area (Å²) in [5, 5.41) is 3.19. The summed E-state index contributed by atoms with van der Waals surface area (Å²) in [7, 11) is 1.91. The van der Waals surface area contributed by atoms with Gasteiger partial charge in [-0.15, -0.1) is 0 Å². The first kappa shape index (κ1) is 11.9. The topological polar surface area (TPSA) is 29.1 Å². The number of rotatable bonds is 6. The van der Waals surface area contributed by atoms with Gasteiger partial charge in [0.05, 0.1) is 0 Å². The normalized spacial score (nSPS) is 12.4. The number of hydrogen-bond donors (Lipinski definition) is 1. The van der Waals surface area contributed by atoms with Crippen LogP contribution in [0.1, 0.15) is 25.3 Å². The minimum absolute atomic E-state index is 0.264. The van der Waals surface area contributed by atoms with E-state index in [1.165, 1.54) is 5.56 Å². The fourth-order valence-corrected chi connectivity index (χ4v) is 1.59. The van der Waals surface area contributed by atoms with Crippen LogP contribution >= 0.6 is 0 Å². The first-order valence-electron chi connectivity index (χ1n) is 5.49. The summed E-state index contributed by atoms with van der Waals surface area (Å²) in [5.74, 6) is 0.324. The SMILES string of the molecule is CCC(=O)C[C@H](Cc1ccccc1)NC. The predicted octanol–water partition coefficient (Wildman–Crippen LogP) is 2.19. The lowest BCUT2D eigenvalue weighted by molar-refractivity contribution is -0.119. The average Bonchev–Trinajstić information content (AvgIpc) is 2.29. The fourth-order valence-electron chi connectivity index (χ4n) is 1.59. The fraction of sp³-hybridized carbons (Fsp3) is 0.462. The largest absolute Gasteiger partial charge is 0.316 e. The van der Waals surface area contributed by atoms with Gasteiger partial charge in [-0.3, -0.25) is 4.79 Å². The maximum atomic E-state index is 11.3. The van der Waals surface area contributed by atoms with E-state index in [1.807, 2.05) is 32.2 Å². The van der Waals surface area contributed by atoms with Gasteiger partial charge in [-0.05, 0) is 19.0 Å². The number of likely N-dealkylation sites (N-methyl/N-ethyl adjacent to an activating group) is 1. The van der Waals surface area contributed by atoms with Crippen LogP contribution in [0.5, 0.6) is 0 Å². The number of carbonyl (C=O) groups is 1. The van der Waals surface area contributed by atoms with Crippen LogP contribution in [0.4, 0.5) is 0 Å². The molecule has 0 aliphatic heterocycles. The van der Waals surface area contributed by atoms with E-state index in [2.05, 4.69) is 17.4 Å². The van der Waals surface area contributed by atoms with Gasteiger partial charge in [0.25, 0.3) is 0 Å². The van der Waals surface area contributed by atoms with E-state index in [9.17, 15) is 4.79 Å². The smallest absolute Gasteiger partial charge is 0.134 e. The van der Waals surface area contributed by atoms with E-state index < -0.39 is 0 Å². The quantitative estimate of drug-likeness (QED) is 0.771. The van der Waals surface area contributed by atoms with Gasteiger partial charge in [-0.25, -0.2) is 0 Å². The Morgan fingerprint density at radius 3 is 2.53 bits per heavy atom. The van der Waals surface area contributed by atoms with Crippen LogP contribution in [0.15, 0.2) is 30.3 Å². The van der Waals surface area contributed by atoms with Crippen molar-refractivity contribution in [2.24, 2.45) is 0 Å². The Bertz CT molecular complexity index is 295. The summed E-state index contributed by atoms with van der Waals surface area (Å²) in [6.45, 7) is 1.91. The van der Waals surface area contributed by atoms with E-state index in [0.717, 1.165) is 6.42 Å². The molecule has 0 amide bonds. The molecule has 0 aliphatic carbocycles. The second-order valence-corrected chi connectivity index (χ2v) is 3.77. The van der Waals surface area contributed by atoms with E-state index in [0.29, 0.717) is 18.6 Å². The monoisotopic (exact) mass is 205 g/mol.